The summed E-state index contributed by atoms with van der Waals surface area (Å²) in [6.07, 6.45) is 3.74. The van der Waals surface area contributed by atoms with Crippen LogP contribution in [0.15, 0.2) is 17.1 Å². The van der Waals surface area contributed by atoms with Crippen molar-refractivity contribution in [1.29, 1.82) is 0 Å². The molecule has 1 aromatic rings. The van der Waals surface area contributed by atoms with E-state index in [4.69, 9.17) is 4.99 Å². The van der Waals surface area contributed by atoms with Crippen molar-refractivity contribution in [3.8, 4) is 0 Å². The number of guanidine groups is 1. The van der Waals surface area contributed by atoms with Gasteiger partial charge >= 0.3 is 0 Å². The normalized spacial score (nSPS) is 18.9. The van der Waals surface area contributed by atoms with Crippen LogP contribution in [0.25, 0.3) is 0 Å². The molecular formula is C19H35IN4S. The molecule has 2 N–H and O–H groups in total. The van der Waals surface area contributed by atoms with Crippen LogP contribution < -0.4 is 10.6 Å². The molecule has 0 aliphatic carbocycles. The van der Waals surface area contributed by atoms with Crippen LogP contribution in [0.2, 0.25) is 0 Å². The standard InChI is InChI=1S/C19H34N4S.HI/c1-5-17-9-10-18(24-17)13-22-19(20-6-2)21-12-16-8-7-11-23(14-16)15(3)4;/h9-10,15-16H,5-8,11-14H2,1-4H3,(H2,20,21,22);1H. The number of nitrogens with zero attached hydrogens (tertiary/aromatic N) is 2. The smallest absolute Gasteiger partial charge is 0.191 e. The Kier molecular flexibility index (Phi) is 11.0. The van der Waals surface area contributed by atoms with Crippen molar-refractivity contribution in [3.05, 3.63) is 21.9 Å². The van der Waals surface area contributed by atoms with Gasteiger partial charge in [0.2, 0.25) is 0 Å². The fraction of sp³-hybridized carbons (Fsp3) is 0.737. The summed E-state index contributed by atoms with van der Waals surface area (Å²) in [7, 11) is 0. The third-order valence-electron chi connectivity index (χ3n) is 4.64. The molecule has 1 unspecified atom stereocenters. The van der Waals surface area contributed by atoms with Gasteiger partial charge in [-0.15, -0.1) is 35.3 Å². The molecule has 0 amide bonds. The van der Waals surface area contributed by atoms with Crippen molar-refractivity contribution in [2.24, 2.45) is 10.9 Å². The zero-order chi connectivity index (χ0) is 17.4. The zero-order valence-electron chi connectivity index (χ0n) is 16.2. The first kappa shape index (κ1) is 22.7. The molecule has 1 fully saturated rings. The molecule has 1 aliphatic heterocycles. The fourth-order valence-electron chi connectivity index (χ4n) is 3.17. The van der Waals surface area contributed by atoms with Crippen LogP contribution in [0.3, 0.4) is 0 Å². The summed E-state index contributed by atoms with van der Waals surface area (Å²) >= 11 is 1.87. The monoisotopic (exact) mass is 478 g/mol. The maximum Gasteiger partial charge on any atom is 0.191 e. The number of piperidine rings is 1. The van der Waals surface area contributed by atoms with E-state index in [1.807, 2.05) is 11.3 Å². The summed E-state index contributed by atoms with van der Waals surface area (Å²) in [6, 6.07) is 5.08. The predicted octanol–water partition coefficient (Wildman–Crippen LogP) is 4.10. The lowest BCUT2D eigenvalue weighted by molar-refractivity contribution is 0.141. The summed E-state index contributed by atoms with van der Waals surface area (Å²) in [5.41, 5.74) is 0. The Hall–Kier alpha value is -0.340. The summed E-state index contributed by atoms with van der Waals surface area (Å²) in [4.78, 5) is 10.1. The van der Waals surface area contributed by atoms with E-state index >= 15 is 0 Å². The number of thiophene rings is 1. The van der Waals surface area contributed by atoms with Crippen molar-refractivity contribution in [2.45, 2.75) is 59.5 Å². The van der Waals surface area contributed by atoms with Crippen LogP contribution >= 0.6 is 35.3 Å². The van der Waals surface area contributed by atoms with Gasteiger partial charge < -0.3 is 15.5 Å². The Morgan fingerprint density at radius 3 is 2.68 bits per heavy atom. The number of halogens is 1. The Bertz CT molecular complexity index is 515. The second kappa shape index (κ2) is 12.1. The number of hydrogen-bond donors (Lipinski definition) is 2. The van der Waals surface area contributed by atoms with Gasteiger partial charge in [0.1, 0.15) is 0 Å². The summed E-state index contributed by atoms with van der Waals surface area (Å²) in [5, 5.41) is 6.93. The van der Waals surface area contributed by atoms with Crippen LogP contribution in [0.1, 0.15) is 50.3 Å². The number of hydrogen-bond acceptors (Lipinski definition) is 3. The zero-order valence-corrected chi connectivity index (χ0v) is 19.3. The van der Waals surface area contributed by atoms with E-state index in [0.717, 1.165) is 37.9 Å². The molecular weight excluding hydrogens is 443 g/mol. The first-order chi connectivity index (χ1) is 11.6. The van der Waals surface area contributed by atoms with Crippen LogP contribution in [0, 0.1) is 5.92 Å². The number of aliphatic imine (C=N–C) groups is 1. The molecule has 6 heteroatoms. The van der Waals surface area contributed by atoms with Gasteiger partial charge in [-0.3, -0.25) is 0 Å². The average Bonchev–Trinajstić information content (AvgIpc) is 3.05. The highest BCUT2D eigenvalue weighted by Crippen LogP contribution is 2.18. The number of aryl methyl sites for hydroxylation is 1. The quantitative estimate of drug-likeness (QED) is 0.352. The molecule has 144 valence electrons. The van der Waals surface area contributed by atoms with Crippen molar-refractivity contribution < 1.29 is 0 Å². The van der Waals surface area contributed by atoms with Crippen LogP contribution in [0.5, 0.6) is 0 Å². The molecule has 1 atom stereocenters. The predicted molar refractivity (Wildman–Crippen MR) is 121 cm³/mol. The SMILES string of the molecule is CCNC(=NCc1ccc(CC)s1)NCC1CCCN(C(C)C)C1.I. The Labute approximate surface area is 174 Å². The first-order valence-corrected chi connectivity index (χ1v) is 10.3. The molecule has 2 rings (SSSR count). The highest BCUT2D eigenvalue weighted by atomic mass is 127. The van der Waals surface area contributed by atoms with Crippen molar-refractivity contribution >= 4 is 41.3 Å². The highest BCUT2D eigenvalue weighted by Gasteiger charge is 2.21. The van der Waals surface area contributed by atoms with E-state index < -0.39 is 0 Å². The average molecular weight is 478 g/mol. The van der Waals surface area contributed by atoms with E-state index in [-0.39, 0.29) is 24.0 Å². The third-order valence-corrected chi connectivity index (χ3v) is 5.86. The van der Waals surface area contributed by atoms with Crippen LogP contribution in [-0.2, 0) is 13.0 Å². The largest absolute Gasteiger partial charge is 0.357 e. The van der Waals surface area contributed by atoms with Gasteiger partial charge in [0.15, 0.2) is 5.96 Å². The molecule has 0 saturated carbocycles. The minimum atomic E-state index is 0. The van der Waals surface area contributed by atoms with Gasteiger partial charge in [0.25, 0.3) is 0 Å². The summed E-state index contributed by atoms with van der Waals surface area (Å²) in [5.74, 6) is 1.67. The lowest BCUT2D eigenvalue weighted by atomic mass is 9.97. The van der Waals surface area contributed by atoms with Crippen LogP contribution in [0.4, 0.5) is 0 Å². The van der Waals surface area contributed by atoms with Crippen molar-refractivity contribution in [3.63, 3.8) is 0 Å². The van der Waals surface area contributed by atoms with Gasteiger partial charge in [0.05, 0.1) is 6.54 Å². The van der Waals surface area contributed by atoms with E-state index in [1.165, 1.54) is 35.7 Å². The molecule has 1 aliphatic rings. The van der Waals surface area contributed by atoms with E-state index in [0.29, 0.717) is 6.04 Å². The van der Waals surface area contributed by atoms with Gasteiger partial charge in [-0.1, -0.05) is 6.92 Å². The minimum Gasteiger partial charge on any atom is -0.357 e. The number of rotatable bonds is 7. The Morgan fingerprint density at radius 1 is 1.28 bits per heavy atom. The molecule has 25 heavy (non-hydrogen) atoms. The second-order valence-electron chi connectivity index (χ2n) is 6.89. The molecule has 1 saturated heterocycles. The van der Waals surface area contributed by atoms with E-state index in [9.17, 15) is 0 Å². The molecule has 0 spiro atoms. The fourth-order valence-corrected chi connectivity index (χ4v) is 4.05. The van der Waals surface area contributed by atoms with Crippen molar-refractivity contribution in [1.82, 2.24) is 15.5 Å². The van der Waals surface area contributed by atoms with E-state index in [1.54, 1.807) is 0 Å². The number of nitrogens with one attached hydrogen (secondary N) is 2. The summed E-state index contributed by atoms with van der Waals surface area (Å²) in [6.45, 7) is 14.1. The van der Waals surface area contributed by atoms with Gasteiger partial charge in [-0.05, 0) is 64.6 Å². The maximum atomic E-state index is 4.76. The lowest BCUT2D eigenvalue weighted by Crippen LogP contribution is -2.46. The van der Waals surface area contributed by atoms with E-state index in [2.05, 4.69) is 55.4 Å². The topological polar surface area (TPSA) is 39.7 Å². The van der Waals surface area contributed by atoms with Gasteiger partial charge in [-0.2, -0.15) is 0 Å². The molecule has 2 heterocycles. The number of likely N-dealkylation sites (tertiary alicyclic amines) is 1. The van der Waals surface area contributed by atoms with Gasteiger partial charge in [0, 0.05) is 35.4 Å². The Morgan fingerprint density at radius 2 is 2.04 bits per heavy atom. The molecule has 0 radical (unpaired) electrons. The minimum absolute atomic E-state index is 0. The first-order valence-electron chi connectivity index (χ1n) is 9.46. The van der Waals surface area contributed by atoms with Gasteiger partial charge in [-0.25, -0.2) is 4.99 Å². The molecule has 4 nitrogen and oxygen atoms in total. The second-order valence-corrected chi connectivity index (χ2v) is 8.15. The third kappa shape index (κ3) is 7.83. The lowest BCUT2D eigenvalue weighted by Gasteiger charge is -2.35. The van der Waals surface area contributed by atoms with Crippen molar-refractivity contribution in [2.75, 3.05) is 26.2 Å². The summed E-state index contributed by atoms with van der Waals surface area (Å²) < 4.78 is 0. The molecule has 0 aromatic carbocycles. The van der Waals surface area contributed by atoms with Crippen LogP contribution in [-0.4, -0.2) is 43.1 Å². The Balaban J connectivity index is 0.00000312. The molecule has 1 aromatic heterocycles. The molecule has 0 bridgehead atoms. The maximum absolute atomic E-state index is 4.76. The highest BCUT2D eigenvalue weighted by molar-refractivity contribution is 14.0.